The first-order valence-electron chi connectivity index (χ1n) is 7.81. The Bertz CT molecular complexity index is 1110. The van der Waals surface area contributed by atoms with Crippen molar-refractivity contribution in [1.82, 2.24) is 19.6 Å². The summed E-state index contributed by atoms with van der Waals surface area (Å²) in [6.45, 7) is 5.05. The van der Waals surface area contributed by atoms with E-state index in [4.69, 9.17) is 0 Å². The molecule has 0 aliphatic carbocycles. The van der Waals surface area contributed by atoms with Gasteiger partial charge in [0.15, 0.2) is 0 Å². The third kappa shape index (κ3) is 2.77. The number of carboxylic acids is 1. The highest BCUT2D eigenvalue weighted by atomic mass is 32.2. The molecule has 0 amide bonds. The van der Waals surface area contributed by atoms with E-state index in [0.717, 1.165) is 4.31 Å². The van der Waals surface area contributed by atoms with Crippen LogP contribution in [0.15, 0.2) is 35.6 Å². The number of fused-ring (bicyclic) bond motifs is 1. The average molecular weight is 375 g/mol. The van der Waals surface area contributed by atoms with Crippen LogP contribution < -0.4 is 4.31 Å². The summed E-state index contributed by atoms with van der Waals surface area (Å²) in [5.74, 6) is -1.05. The second-order valence-electron chi connectivity index (χ2n) is 5.64. The van der Waals surface area contributed by atoms with Gasteiger partial charge in [-0.2, -0.15) is 13.4 Å². The summed E-state index contributed by atoms with van der Waals surface area (Å²) in [6.07, 6.45) is 1.51. The molecular weight excluding hydrogens is 358 g/mol. The summed E-state index contributed by atoms with van der Waals surface area (Å²) in [4.78, 5) is 19.6. The number of nitrogens with zero attached hydrogens (tertiary/aromatic N) is 5. The minimum absolute atomic E-state index is 0.0232. The van der Waals surface area contributed by atoms with E-state index in [1.54, 1.807) is 39.0 Å². The summed E-state index contributed by atoms with van der Waals surface area (Å²) in [6, 6.07) is 6.27. The molecule has 0 saturated carbocycles. The fraction of sp³-hybridized carbons (Fsp3) is 0.250. The molecular formula is C16H17N5O4S. The second-order valence-corrected chi connectivity index (χ2v) is 7.39. The summed E-state index contributed by atoms with van der Waals surface area (Å²) in [5.41, 5.74) is 1.20. The number of carbonyl (C=O) groups is 1. The van der Waals surface area contributed by atoms with Crippen molar-refractivity contribution in [3.63, 3.8) is 0 Å². The number of rotatable bonds is 5. The second kappa shape index (κ2) is 6.37. The lowest BCUT2D eigenvalue weighted by atomic mass is 10.1. The number of para-hydroxylation sites is 1. The summed E-state index contributed by atoms with van der Waals surface area (Å²) >= 11 is 0. The highest BCUT2D eigenvalue weighted by Crippen LogP contribution is 2.29. The first-order valence-corrected chi connectivity index (χ1v) is 9.25. The van der Waals surface area contributed by atoms with Gasteiger partial charge in [-0.1, -0.05) is 12.1 Å². The quantitative estimate of drug-likeness (QED) is 0.720. The summed E-state index contributed by atoms with van der Waals surface area (Å²) in [5, 5.41) is 13.1. The Hall–Kier alpha value is -3.01. The first-order chi connectivity index (χ1) is 12.3. The maximum atomic E-state index is 13.1. The number of anilines is 1. The summed E-state index contributed by atoms with van der Waals surface area (Å²) < 4.78 is 28.6. The van der Waals surface area contributed by atoms with Crippen molar-refractivity contribution in [1.29, 1.82) is 0 Å². The molecule has 136 valence electrons. The molecule has 1 N–H and O–H groups in total. The maximum absolute atomic E-state index is 13.1. The lowest BCUT2D eigenvalue weighted by Crippen LogP contribution is -2.33. The number of aryl methyl sites for hydroxylation is 2. The monoisotopic (exact) mass is 375 g/mol. The molecule has 2 heterocycles. The molecule has 0 radical (unpaired) electrons. The third-order valence-electron chi connectivity index (χ3n) is 3.94. The van der Waals surface area contributed by atoms with E-state index in [-0.39, 0.29) is 23.6 Å². The normalized spacial score (nSPS) is 11.7. The topological polar surface area (TPSA) is 118 Å². The van der Waals surface area contributed by atoms with Gasteiger partial charge in [0.25, 0.3) is 10.9 Å². The fourth-order valence-corrected chi connectivity index (χ4v) is 4.11. The zero-order valence-corrected chi connectivity index (χ0v) is 15.2. The molecule has 10 heteroatoms. The van der Waals surface area contributed by atoms with Crippen LogP contribution in [-0.4, -0.2) is 45.6 Å². The van der Waals surface area contributed by atoms with Gasteiger partial charge in [-0.3, -0.25) is 4.31 Å². The van der Waals surface area contributed by atoms with E-state index >= 15 is 0 Å². The van der Waals surface area contributed by atoms with E-state index < -0.39 is 21.1 Å². The van der Waals surface area contributed by atoms with Crippen molar-refractivity contribution in [3.05, 3.63) is 47.3 Å². The summed E-state index contributed by atoms with van der Waals surface area (Å²) in [7, 11) is -4.17. The molecule has 2 aromatic heterocycles. The number of hydrogen-bond donors (Lipinski definition) is 1. The van der Waals surface area contributed by atoms with Gasteiger partial charge in [-0.05, 0) is 38.5 Å². The van der Waals surface area contributed by atoms with E-state index in [1.165, 1.54) is 16.8 Å². The lowest BCUT2D eigenvalue weighted by Gasteiger charge is -2.24. The Morgan fingerprint density at radius 3 is 2.62 bits per heavy atom. The van der Waals surface area contributed by atoms with Crippen LogP contribution >= 0.6 is 0 Å². The van der Waals surface area contributed by atoms with E-state index in [2.05, 4.69) is 15.1 Å². The van der Waals surface area contributed by atoms with Crippen LogP contribution in [-0.2, 0) is 10.0 Å². The number of aromatic carboxylic acids is 1. The minimum atomic E-state index is -4.17. The van der Waals surface area contributed by atoms with Crippen LogP contribution in [0.2, 0.25) is 0 Å². The van der Waals surface area contributed by atoms with Gasteiger partial charge in [0.05, 0.1) is 11.3 Å². The van der Waals surface area contributed by atoms with E-state index in [0.29, 0.717) is 11.3 Å². The molecule has 1 aromatic carbocycles. The Labute approximate surface area is 150 Å². The zero-order chi connectivity index (χ0) is 19.1. The van der Waals surface area contributed by atoms with E-state index in [1.807, 2.05) is 0 Å². The van der Waals surface area contributed by atoms with Crippen LogP contribution in [0, 0.1) is 13.8 Å². The zero-order valence-electron chi connectivity index (χ0n) is 14.4. The molecule has 0 saturated heterocycles. The van der Waals surface area contributed by atoms with Crippen molar-refractivity contribution in [2.75, 3.05) is 10.8 Å². The molecule has 0 fully saturated rings. The predicted octanol–water partition coefficient (Wildman–Crippen LogP) is 1.65. The SMILES string of the molecule is CCN(c1c(C)cccc1C(=O)O)S(=O)(=O)c1nc2nccc(C)n2n1. The molecule has 0 aliphatic rings. The van der Waals surface area contributed by atoms with Gasteiger partial charge >= 0.3 is 16.0 Å². The molecule has 9 nitrogen and oxygen atoms in total. The van der Waals surface area contributed by atoms with Crippen molar-refractivity contribution < 1.29 is 18.3 Å². The van der Waals surface area contributed by atoms with Gasteiger partial charge in [0, 0.05) is 18.4 Å². The molecule has 0 atom stereocenters. The number of carboxylic acid groups (broad SMARTS) is 1. The van der Waals surface area contributed by atoms with Crippen molar-refractivity contribution >= 4 is 27.5 Å². The van der Waals surface area contributed by atoms with Gasteiger partial charge in [-0.25, -0.2) is 14.3 Å². The number of benzene rings is 1. The smallest absolute Gasteiger partial charge is 0.337 e. The van der Waals surface area contributed by atoms with Gasteiger partial charge in [-0.15, -0.1) is 5.10 Å². The van der Waals surface area contributed by atoms with Crippen LogP contribution in [0.3, 0.4) is 0 Å². The van der Waals surface area contributed by atoms with Crippen LogP contribution in [0.25, 0.3) is 5.78 Å². The average Bonchev–Trinajstić information content (AvgIpc) is 3.03. The van der Waals surface area contributed by atoms with Crippen LogP contribution in [0.4, 0.5) is 5.69 Å². The van der Waals surface area contributed by atoms with E-state index in [9.17, 15) is 18.3 Å². The molecule has 0 spiro atoms. The number of hydrogen-bond acceptors (Lipinski definition) is 6. The lowest BCUT2D eigenvalue weighted by molar-refractivity contribution is 0.0697. The highest BCUT2D eigenvalue weighted by molar-refractivity contribution is 7.92. The largest absolute Gasteiger partial charge is 0.478 e. The molecule has 26 heavy (non-hydrogen) atoms. The van der Waals surface area contributed by atoms with Crippen molar-refractivity contribution in [2.24, 2.45) is 0 Å². The van der Waals surface area contributed by atoms with Crippen molar-refractivity contribution in [3.8, 4) is 0 Å². The van der Waals surface area contributed by atoms with Crippen LogP contribution in [0.5, 0.6) is 0 Å². The third-order valence-corrected chi connectivity index (χ3v) is 5.59. The molecule has 0 unspecified atom stereocenters. The van der Waals surface area contributed by atoms with Gasteiger partial charge in [0.1, 0.15) is 0 Å². The minimum Gasteiger partial charge on any atom is -0.478 e. The first kappa shape index (κ1) is 17.8. The Morgan fingerprint density at radius 2 is 2.00 bits per heavy atom. The van der Waals surface area contributed by atoms with Gasteiger partial charge in [0.2, 0.25) is 0 Å². The molecule has 3 rings (SSSR count). The standard InChI is InChI=1S/C16H17N5O4S/c1-4-20(13-10(2)6-5-7-12(13)14(22)23)26(24,25)16-18-15-17-9-8-11(3)21(15)19-16/h5-9H,4H2,1-3H3,(H,22,23). The van der Waals surface area contributed by atoms with Crippen molar-refractivity contribution in [2.45, 2.75) is 25.9 Å². The number of sulfonamides is 1. The highest BCUT2D eigenvalue weighted by Gasteiger charge is 2.32. The Kier molecular flexibility index (Phi) is 4.36. The maximum Gasteiger partial charge on any atom is 0.337 e. The molecule has 3 aromatic rings. The fourth-order valence-electron chi connectivity index (χ4n) is 2.71. The van der Waals surface area contributed by atoms with Gasteiger partial charge < -0.3 is 5.11 Å². The molecule has 0 bridgehead atoms. The predicted molar refractivity (Wildman–Crippen MR) is 93.9 cm³/mol. The Morgan fingerprint density at radius 1 is 1.27 bits per heavy atom. The van der Waals surface area contributed by atoms with Crippen LogP contribution in [0.1, 0.15) is 28.5 Å². The number of aromatic nitrogens is 4. The Balaban J connectivity index is 2.21. The molecule has 0 aliphatic heterocycles.